The van der Waals surface area contributed by atoms with Crippen molar-refractivity contribution >= 4 is 35.6 Å². The van der Waals surface area contributed by atoms with Crippen molar-refractivity contribution in [2.75, 3.05) is 17.7 Å². The molecular weight excluding hydrogens is 358 g/mol. The van der Waals surface area contributed by atoms with Gasteiger partial charge in [-0.1, -0.05) is 31.6 Å². The number of thioether (sulfide) groups is 1. The number of carbonyl (C=O) groups is 1. The van der Waals surface area contributed by atoms with Crippen molar-refractivity contribution < 1.29 is 9.53 Å². The number of allylic oxidation sites excluding steroid dienone is 1. The summed E-state index contributed by atoms with van der Waals surface area (Å²) in [7, 11) is 3.39. The number of hydrogen-bond acceptors (Lipinski definition) is 6. The second-order valence-corrected chi connectivity index (χ2v) is 7.08. The fraction of sp³-hybridized carbons (Fsp3) is 0.588. The van der Waals surface area contributed by atoms with Crippen molar-refractivity contribution in [1.82, 2.24) is 9.13 Å². The summed E-state index contributed by atoms with van der Waals surface area (Å²) in [5, 5.41) is 4.28. The largest absolute Gasteiger partial charge is 0.466 e. The lowest BCUT2D eigenvalue weighted by atomic mass is 10.3. The highest BCUT2D eigenvalue weighted by Gasteiger charge is 2.12. The standard InChI is InChI=1S/C17H27N3O3S2/c1-6-8-9-13(25-11-10-14(21)23-7-2)18-15-12(3)19(4)17(22)20(5)16(15)24/h9,18H,6-8,10-11H2,1-5H3/b13-9-. The quantitative estimate of drug-likeness (QED) is 0.518. The zero-order valence-electron chi connectivity index (χ0n) is 15.5. The average Bonchev–Trinajstić information content (AvgIpc) is 2.59. The molecule has 8 heteroatoms. The average molecular weight is 386 g/mol. The number of hydrogen-bond donors (Lipinski definition) is 1. The summed E-state index contributed by atoms with van der Waals surface area (Å²) in [4.78, 5) is 23.6. The number of esters is 1. The normalized spacial score (nSPS) is 11.5. The number of aromatic nitrogens is 2. The summed E-state index contributed by atoms with van der Waals surface area (Å²) < 4.78 is 8.44. The van der Waals surface area contributed by atoms with E-state index in [9.17, 15) is 9.59 Å². The summed E-state index contributed by atoms with van der Waals surface area (Å²) in [6.45, 7) is 6.16. The minimum Gasteiger partial charge on any atom is -0.466 e. The highest BCUT2D eigenvalue weighted by Crippen LogP contribution is 2.24. The predicted molar refractivity (Wildman–Crippen MR) is 107 cm³/mol. The van der Waals surface area contributed by atoms with Crippen molar-refractivity contribution in [3.8, 4) is 0 Å². The van der Waals surface area contributed by atoms with Crippen molar-refractivity contribution in [3.63, 3.8) is 0 Å². The molecule has 0 spiro atoms. The summed E-state index contributed by atoms with van der Waals surface area (Å²) in [5.41, 5.74) is 1.37. The van der Waals surface area contributed by atoms with Crippen LogP contribution in [0.3, 0.4) is 0 Å². The number of nitrogens with one attached hydrogen (secondary N) is 1. The number of ether oxygens (including phenoxy) is 1. The predicted octanol–water partition coefficient (Wildman–Crippen LogP) is 3.50. The fourth-order valence-electron chi connectivity index (χ4n) is 2.11. The van der Waals surface area contributed by atoms with Crippen LogP contribution < -0.4 is 11.0 Å². The van der Waals surface area contributed by atoms with Crippen LogP contribution in [0.25, 0.3) is 0 Å². The molecule has 0 amide bonds. The minimum absolute atomic E-state index is 0.151. The van der Waals surface area contributed by atoms with Crippen LogP contribution in [0.15, 0.2) is 15.9 Å². The molecule has 1 N–H and O–H groups in total. The summed E-state index contributed by atoms with van der Waals surface area (Å²) in [6, 6.07) is 0. The van der Waals surface area contributed by atoms with Crippen LogP contribution in [0, 0.1) is 11.6 Å². The van der Waals surface area contributed by atoms with E-state index in [0.717, 1.165) is 29.3 Å². The summed E-state index contributed by atoms with van der Waals surface area (Å²) in [6.07, 6.45) is 4.38. The Morgan fingerprint density at radius 2 is 2.00 bits per heavy atom. The van der Waals surface area contributed by atoms with Crippen molar-refractivity contribution in [2.45, 2.75) is 40.0 Å². The number of nitrogens with zero attached hydrogens (tertiary/aromatic N) is 2. The van der Waals surface area contributed by atoms with E-state index in [1.54, 1.807) is 37.3 Å². The molecule has 6 nitrogen and oxygen atoms in total. The van der Waals surface area contributed by atoms with E-state index in [0.29, 0.717) is 23.4 Å². The lowest BCUT2D eigenvalue weighted by Gasteiger charge is -2.17. The van der Waals surface area contributed by atoms with Gasteiger partial charge in [-0.3, -0.25) is 13.9 Å². The highest BCUT2D eigenvalue weighted by molar-refractivity contribution is 8.03. The van der Waals surface area contributed by atoms with Gasteiger partial charge in [0.1, 0.15) is 4.64 Å². The van der Waals surface area contributed by atoms with Crippen molar-refractivity contribution in [1.29, 1.82) is 0 Å². The fourth-order valence-corrected chi connectivity index (χ4v) is 3.29. The lowest BCUT2D eigenvalue weighted by Crippen LogP contribution is -2.30. The number of anilines is 1. The molecule has 140 valence electrons. The Morgan fingerprint density at radius 1 is 1.32 bits per heavy atom. The van der Waals surface area contributed by atoms with Gasteiger partial charge < -0.3 is 10.1 Å². The molecule has 1 aromatic heterocycles. The molecule has 0 unspecified atom stereocenters. The summed E-state index contributed by atoms with van der Waals surface area (Å²) >= 11 is 6.97. The molecule has 0 aliphatic heterocycles. The maximum absolute atomic E-state index is 12.1. The van der Waals surface area contributed by atoms with E-state index in [1.807, 2.05) is 6.92 Å². The molecule has 0 fully saturated rings. The molecular formula is C17H27N3O3S2. The van der Waals surface area contributed by atoms with Crippen LogP contribution in [0.1, 0.15) is 38.8 Å². The first-order valence-electron chi connectivity index (χ1n) is 8.35. The van der Waals surface area contributed by atoms with Crippen LogP contribution in [-0.2, 0) is 23.6 Å². The van der Waals surface area contributed by atoms with E-state index >= 15 is 0 Å². The third-order valence-corrected chi connectivity index (χ3v) is 5.16. The molecule has 25 heavy (non-hydrogen) atoms. The zero-order chi connectivity index (χ0) is 19.0. The molecule has 0 atom stereocenters. The highest BCUT2D eigenvalue weighted by atomic mass is 32.2. The molecule has 0 aliphatic rings. The zero-order valence-corrected chi connectivity index (χ0v) is 17.2. The van der Waals surface area contributed by atoms with Gasteiger partial charge >= 0.3 is 11.7 Å². The smallest absolute Gasteiger partial charge is 0.328 e. The minimum atomic E-state index is -0.196. The van der Waals surface area contributed by atoms with E-state index in [2.05, 4.69) is 18.3 Å². The van der Waals surface area contributed by atoms with Crippen LogP contribution in [0.4, 0.5) is 5.69 Å². The van der Waals surface area contributed by atoms with Gasteiger partial charge in [0.25, 0.3) is 0 Å². The molecule has 1 heterocycles. The van der Waals surface area contributed by atoms with Gasteiger partial charge in [0.15, 0.2) is 0 Å². The Labute approximate surface area is 158 Å². The molecule has 0 saturated carbocycles. The van der Waals surface area contributed by atoms with Gasteiger partial charge in [0.2, 0.25) is 0 Å². The molecule has 0 bridgehead atoms. The van der Waals surface area contributed by atoms with Gasteiger partial charge in [-0.25, -0.2) is 4.79 Å². The second-order valence-electron chi connectivity index (χ2n) is 5.55. The first-order valence-corrected chi connectivity index (χ1v) is 9.75. The van der Waals surface area contributed by atoms with Crippen molar-refractivity contribution in [2.24, 2.45) is 14.1 Å². The molecule has 0 radical (unpaired) electrons. The Bertz CT molecular complexity index is 751. The van der Waals surface area contributed by atoms with Gasteiger partial charge in [0.05, 0.1) is 23.7 Å². The van der Waals surface area contributed by atoms with Gasteiger partial charge in [-0.15, -0.1) is 11.8 Å². The SMILES string of the molecule is CCC/C=C(/Nc1c(C)n(C)c(=O)n(C)c1=S)SCCC(=O)OCC. The first-order chi connectivity index (χ1) is 11.8. The van der Waals surface area contributed by atoms with E-state index in [1.165, 1.54) is 4.57 Å². The molecule has 0 aliphatic carbocycles. The van der Waals surface area contributed by atoms with Crippen LogP contribution in [0.2, 0.25) is 0 Å². The summed E-state index contributed by atoms with van der Waals surface area (Å²) in [5.74, 6) is 0.420. The molecule has 0 saturated heterocycles. The first kappa shape index (κ1) is 21.5. The molecule has 1 aromatic rings. The maximum atomic E-state index is 12.1. The Kier molecular flexibility index (Phi) is 8.99. The van der Waals surface area contributed by atoms with Crippen LogP contribution in [-0.4, -0.2) is 27.5 Å². The number of carbonyl (C=O) groups excluding carboxylic acids is 1. The Morgan fingerprint density at radius 3 is 2.60 bits per heavy atom. The molecule has 1 rings (SSSR count). The second kappa shape index (κ2) is 10.5. The van der Waals surface area contributed by atoms with Crippen LogP contribution in [0.5, 0.6) is 0 Å². The van der Waals surface area contributed by atoms with E-state index in [-0.39, 0.29) is 11.7 Å². The molecule has 0 aromatic carbocycles. The lowest BCUT2D eigenvalue weighted by molar-refractivity contribution is -0.142. The Hall–Kier alpha value is -1.54. The van der Waals surface area contributed by atoms with Gasteiger partial charge in [-0.05, 0) is 20.3 Å². The third-order valence-electron chi connectivity index (χ3n) is 3.69. The third kappa shape index (κ3) is 6.04. The number of unbranched alkanes of at least 4 members (excludes halogenated alkanes) is 1. The van der Waals surface area contributed by atoms with E-state index < -0.39 is 0 Å². The number of rotatable bonds is 9. The van der Waals surface area contributed by atoms with Gasteiger partial charge in [0, 0.05) is 25.5 Å². The monoisotopic (exact) mass is 385 g/mol. The maximum Gasteiger partial charge on any atom is 0.328 e. The van der Waals surface area contributed by atoms with E-state index in [4.69, 9.17) is 17.0 Å². The van der Waals surface area contributed by atoms with Gasteiger partial charge in [-0.2, -0.15) is 0 Å². The topological polar surface area (TPSA) is 65.3 Å². The Balaban J connectivity index is 2.99. The van der Waals surface area contributed by atoms with Crippen molar-refractivity contribution in [3.05, 3.63) is 31.9 Å². The van der Waals surface area contributed by atoms with Crippen LogP contribution >= 0.6 is 24.0 Å².